The van der Waals surface area contributed by atoms with Gasteiger partial charge in [-0.3, -0.25) is 0 Å². The van der Waals surface area contributed by atoms with Gasteiger partial charge in [-0.15, -0.1) is 0 Å². The Bertz CT molecular complexity index is 751. The highest BCUT2D eigenvalue weighted by molar-refractivity contribution is 7.89. The predicted molar refractivity (Wildman–Crippen MR) is 98.2 cm³/mol. The number of hydrogen-bond acceptors (Lipinski definition) is 3. The lowest BCUT2D eigenvalue weighted by Crippen LogP contribution is -2.33. The van der Waals surface area contributed by atoms with Crippen LogP contribution in [0.5, 0.6) is 0 Å². The molecular weight excluding hydrogens is 320 g/mol. The first-order valence-electron chi connectivity index (χ1n) is 8.14. The quantitative estimate of drug-likeness (QED) is 0.837. The predicted octanol–water partition coefficient (Wildman–Crippen LogP) is 3.31. The maximum absolute atomic E-state index is 12.4. The van der Waals surface area contributed by atoms with Gasteiger partial charge in [-0.1, -0.05) is 42.0 Å². The van der Waals surface area contributed by atoms with Crippen molar-refractivity contribution in [2.75, 3.05) is 7.05 Å². The van der Waals surface area contributed by atoms with E-state index in [1.807, 2.05) is 26.0 Å². The van der Waals surface area contributed by atoms with Gasteiger partial charge in [0.15, 0.2) is 0 Å². The molecule has 2 aromatic carbocycles. The number of hydrogen-bond donors (Lipinski definition) is 1. The second kappa shape index (κ2) is 7.92. The summed E-state index contributed by atoms with van der Waals surface area (Å²) in [5.41, 5.74) is 3.55. The van der Waals surface area contributed by atoms with E-state index in [0.717, 1.165) is 12.1 Å². The number of rotatable bonds is 7. The maximum atomic E-state index is 12.4. The Labute approximate surface area is 145 Å². The minimum atomic E-state index is -3.41. The van der Waals surface area contributed by atoms with Crippen molar-refractivity contribution in [1.29, 1.82) is 0 Å². The number of nitrogens with one attached hydrogen (secondary N) is 1. The molecule has 0 fully saturated rings. The van der Waals surface area contributed by atoms with E-state index in [1.54, 1.807) is 19.2 Å². The Hall–Kier alpha value is -1.69. The molecule has 0 saturated carbocycles. The Morgan fingerprint density at radius 1 is 0.917 bits per heavy atom. The molecule has 0 aliphatic rings. The highest BCUT2D eigenvalue weighted by Gasteiger charge is 2.22. The van der Waals surface area contributed by atoms with Gasteiger partial charge in [0, 0.05) is 26.2 Å². The molecule has 0 atom stereocenters. The summed E-state index contributed by atoms with van der Waals surface area (Å²) in [6.45, 7) is 7.29. The lowest BCUT2D eigenvalue weighted by atomic mass is 10.1. The molecule has 130 valence electrons. The van der Waals surface area contributed by atoms with Gasteiger partial charge < -0.3 is 5.32 Å². The molecule has 1 N–H and O–H groups in total. The van der Waals surface area contributed by atoms with Crippen molar-refractivity contribution in [3.63, 3.8) is 0 Å². The first-order valence-corrected chi connectivity index (χ1v) is 9.58. The van der Waals surface area contributed by atoms with E-state index in [4.69, 9.17) is 0 Å². The van der Waals surface area contributed by atoms with Crippen LogP contribution in [0.4, 0.5) is 0 Å². The van der Waals surface area contributed by atoms with Crippen LogP contribution in [0.15, 0.2) is 53.4 Å². The molecule has 5 heteroatoms. The van der Waals surface area contributed by atoms with Crippen LogP contribution >= 0.6 is 0 Å². The van der Waals surface area contributed by atoms with Gasteiger partial charge in [-0.2, -0.15) is 4.31 Å². The topological polar surface area (TPSA) is 49.4 Å². The van der Waals surface area contributed by atoms with Crippen LogP contribution in [-0.2, 0) is 23.1 Å². The molecular formula is C19H26N2O2S. The Balaban J connectivity index is 1.96. The Kier molecular flexibility index (Phi) is 6.15. The van der Waals surface area contributed by atoms with Crippen LogP contribution in [0.3, 0.4) is 0 Å². The van der Waals surface area contributed by atoms with Crippen molar-refractivity contribution in [1.82, 2.24) is 9.62 Å². The first-order chi connectivity index (χ1) is 11.3. The van der Waals surface area contributed by atoms with Crippen molar-refractivity contribution < 1.29 is 8.42 Å². The summed E-state index contributed by atoms with van der Waals surface area (Å²) in [6.07, 6.45) is 0. The molecule has 0 saturated heterocycles. The molecule has 0 aliphatic carbocycles. The average molecular weight is 346 g/mol. The molecule has 0 amide bonds. The summed E-state index contributed by atoms with van der Waals surface area (Å²) < 4.78 is 26.2. The largest absolute Gasteiger partial charge is 0.309 e. The molecule has 0 radical (unpaired) electrons. The third kappa shape index (κ3) is 4.66. The number of benzene rings is 2. The molecule has 0 spiro atoms. The summed E-state index contributed by atoms with van der Waals surface area (Å²) in [5, 5.41) is 3.38. The van der Waals surface area contributed by atoms with Gasteiger partial charge in [0.1, 0.15) is 0 Å². The van der Waals surface area contributed by atoms with E-state index in [1.165, 1.54) is 15.4 Å². The van der Waals surface area contributed by atoms with E-state index >= 15 is 0 Å². The van der Waals surface area contributed by atoms with E-state index in [0.29, 0.717) is 11.4 Å². The standard InChI is InChI=1S/C19H26N2O2S/c1-15(2)21(4)24(22,23)19-11-9-18(10-12-19)14-20-13-17-7-5-16(3)6-8-17/h5-12,15,20H,13-14H2,1-4H3. The second-order valence-corrected chi connectivity index (χ2v) is 8.35. The van der Waals surface area contributed by atoms with Crippen LogP contribution in [0.25, 0.3) is 0 Å². The molecule has 2 rings (SSSR count). The number of aryl methyl sites for hydroxylation is 1. The zero-order chi connectivity index (χ0) is 17.7. The van der Waals surface area contributed by atoms with E-state index < -0.39 is 10.0 Å². The smallest absolute Gasteiger partial charge is 0.243 e. The van der Waals surface area contributed by atoms with Gasteiger partial charge in [0.2, 0.25) is 10.0 Å². The van der Waals surface area contributed by atoms with Crippen molar-refractivity contribution in [2.24, 2.45) is 0 Å². The minimum absolute atomic E-state index is 0.0640. The average Bonchev–Trinajstić information content (AvgIpc) is 2.56. The summed E-state index contributed by atoms with van der Waals surface area (Å²) in [4.78, 5) is 0.334. The lowest BCUT2D eigenvalue weighted by molar-refractivity contribution is 0.410. The molecule has 0 bridgehead atoms. The monoisotopic (exact) mass is 346 g/mol. The van der Waals surface area contributed by atoms with Crippen LogP contribution in [0, 0.1) is 6.92 Å². The van der Waals surface area contributed by atoms with Gasteiger partial charge in [-0.25, -0.2) is 8.42 Å². The lowest BCUT2D eigenvalue weighted by Gasteiger charge is -2.21. The van der Waals surface area contributed by atoms with E-state index in [-0.39, 0.29) is 6.04 Å². The Morgan fingerprint density at radius 3 is 1.83 bits per heavy atom. The van der Waals surface area contributed by atoms with Crippen molar-refractivity contribution in [3.05, 3.63) is 65.2 Å². The third-order valence-electron chi connectivity index (χ3n) is 4.11. The zero-order valence-corrected chi connectivity index (χ0v) is 15.6. The molecule has 0 heterocycles. The fraction of sp³-hybridized carbons (Fsp3) is 0.368. The highest BCUT2D eigenvalue weighted by Crippen LogP contribution is 2.17. The van der Waals surface area contributed by atoms with Crippen molar-refractivity contribution >= 4 is 10.0 Å². The molecule has 0 aliphatic heterocycles. The normalized spacial score (nSPS) is 12.1. The maximum Gasteiger partial charge on any atom is 0.243 e. The summed E-state index contributed by atoms with van der Waals surface area (Å²) in [6, 6.07) is 15.4. The van der Waals surface area contributed by atoms with Crippen LogP contribution < -0.4 is 5.32 Å². The van der Waals surface area contributed by atoms with E-state index in [2.05, 4.69) is 36.5 Å². The fourth-order valence-corrected chi connectivity index (χ4v) is 3.65. The fourth-order valence-electron chi connectivity index (χ4n) is 2.28. The Morgan fingerprint density at radius 2 is 1.38 bits per heavy atom. The van der Waals surface area contributed by atoms with Crippen LogP contribution in [-0.4, -0.2) is 25.8 Å². The number of sulfonamides is 1. The summed E-state index contributed by atoms with van der Waals surface area (Å²) in [7, 11) is -1.80. The molecule has 0 unspecified atom stereocenters. The van der Waals surface area contributed by atoms with Crippen molar-refractivity contribution in [2.45, 2.75) is 44.8 Å². The van der Waals surface area contributed by atoms with Gasteiger partial charge >= 0.3 is 0 Å². The molecule has 24 heavy (non-hydrogen) atoms. The number of nitrogens with zero attached hydrogens (tertiary/aromatic N) is 1. The third-order valence-corrected chi connectivity index (χ3v) is 6.15. The summed E-state index contributed by atoms with van der Waals surface area (Å²) >= 11 is 0. The first kappa shape index (κ1) is 18.6. The van der Waals surface area contributed by atoms with Gasteiger partial charge in [0.05, 0.1) is 4.90 Å². The van der Waals surface area contributed by atoms with Gasteiger partial charge in [0.25, 0.3) is 0 Å². The van der Waals surface area contributed by atoms with Crippen LogP contribution in [0.1, 0.15) is 30.5 Å². The molecule has 2 aromatic rings. The van der Waals surface area contributed by atoms with Gasteiger partial charge in [-0.05, 0) is 44.0 Å². The van der Waals surface area contributed by atoms with Crippen LogP contribution in [0.2, 0.25) is 0 Å². The SMILES string of the molecule is Cc1ccc(CNCc2ccc(S(=O)(=O)N(C)C(C)C)cc2)cc1. The van der Waals surface area contributed by atoms with E-state index in [9.17, 15) is 8.42 Å². The van der Waals surface area contributed by atoms with Crippen molar-refractivity contribution in [3.8, 4) is 0 Å². The molecule has 0 aromatic heterocycles. The minimum Gasteiger partial charge on any atom is -0.309 e. The highest BCUT2D eigenvalue weighted by atomic mass is 32.2. The summed E-state index contributed by atoms with van der Waals surface area (Å²) in [5.74, 6) is 0. The molecule has 4 nitrogen and oxygen atoms in total. The zero-order valence-electron chi connectivity index (χ0n) is 14.8. The second-order valence-electron chi connectivity index (χ2n) is 6.35.